The monoisotopic (exact) mass is 514 g/mol. The van der Waals surface area contributed by atoms with Crippen molar-refractivity contribution in [3.05, 3.63) is 71.8 Å². The predicted octanol–water partition coefficient (Wildman–Crippen LogP) is 5.09. The number of ether oxygens (including phenoxy) is 2. The number of thioether (sulfide) groups is 1. The lowest BCUT2D eigenvalue weighted by Crippen LogP contribution is -2.53. The van der Waals surface area contributed by atoms with Gasteiger partial charge in [0.25, 0.3) is 0 Å². The van der Waals surface area contributed by atoms with Crippen molar-refractivity contribution in [1.29, 1.82) is 0 Å². The van der Waals surface area contributed by atoms with Gasteiger partial charge in [-0.1, -0.05) is 87.9 Å². The highest BCUT2D eigenvalue weighted by Gasteiger charge is 2.28. The van der Waals surface area contributed by atoms with E-state index in [1.165, 1.54) is 0 Å². The van der Waals surface area contributed by atoms with Gasteiger partial charge in [0.05, 0.1) is 0 Å². The van der Waals surface area contributed by atoms with E-state index in [1.807, 2.05) is 74.5 Å². The van der Waals surface area contributed by atoms with E-state index in [2.05, 4.69) is 17.6 Å². The van der Waals surface area contributed by atoms with Crippen LogP contribution in [-0.2, 0) is 32.3 Å². The third kappa shape index (κ3) is 11.6. The van der Waals surface area contributed by atoms with Crippen LogP contribution in [0.2, 0.25) is 0 Å². The molecule has 0 aliphatic heterocycles. The maximum atomic E-state index is 13.2. The fourth-order valence-electron chi connectivity index (χ4n) is 3.32. The summed E-state index contributed by atoms with van der Waals surface area (Å²) in [6.07, 6.45) is 1.80. The lowest BCUT2D eigenvalue weighted by molar-refractivity contribution is -0.149. The van der Waals surface area contributed by atoms with E-state index in [9.17, 15) is 14.4 Å². The van der Waals surface area contributed by atoms with E-state index in [4.69, 9.17) is 9.47 Å². The van der Waals surface area contributed by atoms with Crippen LogP contribution in [-0.4, -0.2) is 41.6 Å². The van der Waals surface area contributed by atoms with E-state index in [-0.39, 0.29) is 19.1 Å². The minimum absolute atomic E-state index is 0.103. The van der Waals surface area contributed by atoms with Gasteiger partial charge in [-0.05, 0) is 35.6 Å². The highest BCUT2D eigenvalue weighted by molar-refractivity contribution is 7.99. The summed E-state index contributed by atoms with van der Waals surface area (Å²) in [5.74, 6) is 0.471. The summed E-state index contributed by atoms with van der Waals surface area (Å²) in [7, 11) is 0. The normalized spacial score (nSPS) is 12.4. The summed E-state index contributed by atoms with van der Waals surface area (Å²) < 4.78 is 10.8. The number of carbonyl (C=O) groups excluding carboxylic acids is 3. The topological polar surface area (TPSA) is 93.7 Å². The van der Waals surface area contributed by atoms with E-state index in [1.54, 1.807) is 11.8 Å². The van der Waals surface area contributed by atoms with Gasteiger partial charge in [-0.25, -0.2) is 9.59 Å². The van der Waals surface area contributed by atoms with E-state index in [0.717, 1.165) is 29.7 Å². The molecule has 2 N–H and O–H groups in total. The second-order valence-electron chi connectivity index (χ2n) is 8.97. The number of hydrogen-bond donors (Lipinski definition) is 2. The zero-order valence-corrected chi connectivity index (χ0v) is 22.2. The SMILES string of the molecule is CCCCSC[C@@H](NC(=O)OCc1ccccc1)C(=O)N[C@@H](CC(C)C)C(=O)OCc1ccccc1. The molecule has 2 aromatic rings. The molecule has 0 heterocycles. The number of hydrogen-bond acceptors (Lipinski definition) is 6. The average molecular weight is 515 g/mol. The van der Waals surface area contributed by atoms with Crippen LogP contribution in [0.15, 0.2) is 60.7 Å². The van der Waals surface area contributed by atoms with Gasteiger partial charge in [0.2, 0.25) is 5.91 Å². The van der Waals surface area contributed by atoms with Crippen LogP contribution in [0.25, 0.3) is 0 Å². The number of rotatable bonds is 15. The summed E-state index contributed by atoms with van der Waals surface area (Å²) in [5, 5.41) is 5.48. The predicted molar refractivity (Wildman–Crippen MR) is 143 cm³/mol. The molecule has 0 unspecified atom stereocenters. The number of alkyl carbamates (subject to hydrolysis) is 1. The number of nitrogens with one attached hydrogen (secondary N) is 2. The maximum Gasteiger partial charge on any atom is 0.408 e. The van der Waals surface area contributed by atoms with Gasteiger partial charge in [-0.2, -0.15) is 11.8 Å². The Hall–Kier alpha value is -3.00. The van der Waals surface area contributed by atoms with Crippen molar-refractivity contribution in [2.45, 2.75) is 65.3 Å². The zero-order chi connectivity index (χ0) is 26.2. The minimum Gasteiger partial charge on any atom is -0.459 e. The molecule has 0 aliphatic rings. The Kier molecular flexibility index (Phi) is 13.5. The van der Waals surface area contributed by atoms with E-state index in [0.29, 0.717) is 12.2 Å². The largest absolute Gasteiger partial charge is 0.459 e. The Morgan fingerprint density at radius 3 is 1.97 bits per heavy atom. The Morgan fingerprint density at radius 1 is 0.833 bits per heavy atom. The smallest absolute Gasteiger partial charge is 0.408 e. The highest BCUT2D eigenvalue weighted by Crippen LogP contribution is 2.12. The van der Waals surface area contributed by atoms with Crippen LogP contribution in [0, 0.1) is 5.92 Å². The summed E-state index contributed by atoms with van der Waals surface area (Å²) in [6.45, 7) is 6.28. The van der Waals surface area contributed by atoms with E-state index < -0.39 is 30.1 Å². The Balaban J connectivity index is 2.00. The molecule has 196 valence electrons. The molecule has 2 amide bonds. The molecule has 2 rings (SSSR count). The van der Waals surface area contributed by atoms with Crippen LogP contribution in [0.3, 0.4) is 0 Å². The summed E-state index contributed by atoms with van der Waals surface area (Å²) >= 11 is 1.58. The van der Waals surface area contributed by atoms with Crippen LogP contribution >= 0.6 is 11.8 Å². The lowest BCUT2D eigenvalue weighted by Gasteiger charge is -2.23. The number of amides is 2. The molecule has 8 heteroatoms. The Morgan fingerprint density at radius 2 is 1.42 bits per heavy atom. The molecule has 0 aromatic heterocycles. The second kappa shape index (κ2) is 16.6. The van der Waals surface area contributed by atoms with Gasteiger partial charge in [0.15, 0.2) is 0 Å². The standard InChI is InChI=1S/C28H38N2O5S/c1-4-5-16-36-20-25(30-28(33)35-19-23-14-10-7-11-15-23)26(31)29-24(17-21(2)3)27(32)34-18-22-12-8-6-9-13-22/h6-15,21,24-25H,4-5,16-20H2,1-3H3,(H,29,31)(H,30,33)/t24-,25+/m0/s1. The number of benzene rings is 2. The molecule has 0 bridgehead atoms. The van der Waals surface area contributed by atoms with Gasteiger partial charge >= 0.3 is 12.1 Å². The van der Waals surface area contributed by atoms with Crippen molar-refractivity contribution < 1.29 is 23.9 Å². The first kappa shape index (κ1) is 29.2. The molecule has 2 aromatic carbocycles. The molecular weight excluding hydrogens is 476 g/mol. The van der Waals surface area contributed by atoms with Gasteiger partial charge in [0, 0.05) is 5.75 Å². The quantitative estimate of drug-likeness (QED) is 0.254. The maximum absolute atomic E-state index is 13.2. The molecular formula is C28H38N2O5S. The summed E-state index contributed by atoms with van der Waals surface area (Å²) in [6, 6.07) is 17.1. The number of carbonyl (C=O) groups is 3. The highest BCUT2D eigenvalue weighted by atomic mass is 32.2. The minimum atomic E-state index is -0.841. The second-order valence-corrected chi connectivity index (χ2v) is 10.1. The first-order valence-corrected chi connectivity index (χ1v) is 13.6. The van der Waals surface area contributed by atoms with Crippen molar-refractivity contribution in [2.75, 3.05) is 11.5 Å². The van der Waals surface area contributed by atoms with Crippen LogP contribution < -0.4 is 10.6 Å². The van der Waals surface area contributed by atoms with Crippen molar-refractivity contribution in [2.24, 2.45) is 5.92 Å². The van der Waals surface area contributed by atoms with Gasteiger partial charge in [-0.3, -0.25) is 4.79 Å². The molecule has 2 atom stereocenters. The van der Waals surface area contributed by atoms with Crippen molar-refractivity contribution in [3.8, 4) is 0 Å². The van der Waals surface area contributed by atoms with Gasteiger partial charge < -0.3 is 20.1 Å². The molecule has 0 saturated carbocycles. The van der Waals surface area contributed by atoms with Crippen molar-refractivity contribution in [3.63, 3.8) is 0 Å². The van der Waals surface area contributed by atoms with Crippen molar-refractivity contribution in [1.82, 2.24) is 10.6 Å². The zero-order valence-electron chi connectivity index (χ0n) is 21.4. The number of unbranched alkanes of at least 4 members (excludes halogenated alkanes) is 1. The van der Waals surface area contributed by atoms with Gasteiger partial charge in [-0.15, -0.1) is 0 Å². The third-order valence-electron chi connectivity index (χ3n) is 5.28. The fraction of sp³-hybridized carbons (Fsp3) is 0.464. The first-order chi connectivity index (χ1) is 17.4. The van der Waals surface area contributed by atoms with Gasteiger partial charge in [0.1, 0.15) is 25.3 Å². The molecule has 0 spiro atoms. The summed E-state index contributed by atoms with van der Waals surface area (Å²) in [5.41, 5.74) is 1.72. The molecule has 0 aliphatic carbocycles. The van der Waals surface area contributed by atoms with E-state index >= 15 is 0 Å². The Bertz CT molecular complexity index is 924. The molecule has 0 saturated heterocycles. The molecule has 0 radical (unpaired) electrons. The molecule has 7 nitrogen and oxygen atoms in total. The van der Waals surface area contributed by atoms with Crippen LogP contribution in [0.4, 0.5) is 4.79 Å². The average Bonchev–Trinajstić information content (AvgIpc) is 2.88. The van der Waals surface area contributed by atoms with Crippen LogP contribution in [0.1, 0.15) is 51.2 Å². The fourth-order valence-corrected chi connectivity index (χ4v) is 4.45. The first-order valence-electron chi connectivity index (χ1n) is 12.4. The van der Waals surface area contributed by atoms with Crippen LogP contribution in [0.5, 0.6) is 0 Å². The molecule has 36 heavy (non-hydrogen) atoms. The Labute approximate surface area is 218 Å². The van der Waals surface area contributed by atoms with Crippen molar-refractivity contribution >= 4 is 29.7 Å². The third-order valence-corrected chi connectivity index (χ3v) is 6.43. The lowest BCUT2D eigenvalue weighted by atomic mass is 10.0. The number of esters is 1. The molecule has 0 fully saturated rings. The summed E-state index contributed by atoms with van der Waals surface area (Å²) in [4.78, 5) is 38.5.